The van der Waals surface area contributed by atoms with Crippen LogP contribution in [0.5, 0.6) is 17.2 Å². The van der Waals surface area contributed by atoms with Gasteiger partial charge in [-0.05, 0) is 42.3 Å². The minimum atomic E-state index is -0.625. The van der Waals surface area contributed by atoms with Gasteiger partial charge in [0.1, 0.15) is 11.6 Å². The summed E-state index contributed by atoms with van der Waals surface area (Å²) in [6.07, 6.45) is 1.37. The Morgan fingerprint density at radius 1 is 1.00 bits per heavy atom. The van der Waals surface area contributed by atoms with E-state index in [1.807, 2.05) is 24.3 Å². The highest BCUT2D eigenvalue weighted by Crippen LogP contribution is 2.65. The average molecular weight is 505 g/mol. The third kappa shape index (κ3) is 4.69. The highest BCUT2D eigenvalue weighted by molar-refractivity contribution is 5.95. The quantitative estimate of drug-likeness (QED) is 0.360. The van der Waals surface area contributed by atoms with E-state index in [-0.39, 0.29) is 46.6 Å². The maximum absolute atomic E-state index is 13.6. The number of nitrogens with one attached hydrogen (secondary N) is 1. The molecule has 2 N–H and O–H groups in total. The molecule has 1 aliphatic carbocycles. The molecule has 2 aromatic carbocycles. The maximum atomic E-state index is 13.6. The summed E-state index contributed by atoms with van der Waals surface area (Å²) in [5.74, 6) is 0.277. The van der Waals surface area contributed by atoms with Crippen molar-refractivity contribution in [1.29, 1.82) is 0 Å². The van der Waals surface area contributed by atoms with Crippen molar-refractivity contribution in [3.63, 3.8) is 0 Å². The Kier molecular flexibility index (Phi) is 6.47. The molecule has 1 amide bonds. The van der Waals surface area contributed by atoms with Gasteiger partial charge in [0, 0.05) is 24.1 Å². The van der Waals surface area contributed by atoms with Crippen LogP contribution < -0.4 is 14.8 Å². The first-order chi connectivity index (χ1) is 17.9. The van der Waals surface area contributed by atoms with Crippen molar-refractivity contribution in [2.24, 2.45) is 0 Å². The number of methoxy groups -OCH3 is 2. The monoisotopic (exact) mass is 504 g/mol. The molecule has 1 fully saturated rings. The van der Waals surface area contributed by atoms with E-state index in [1.54, 1.807) is 26.2 Å². The fraction of sp³-hybridized carbons (Fsp3) is 0.259. The van der Waals surface area contributed by atoms with Crippen molar-refractivity contribution < 1.29 is 28.3 Å². The normalized spacial score (nSPS) is 19.2. The Morgan fingerprint density at radius 3 is 2.27 bits per heavy atom. The van der Waals surface area contributed by atoms with Gasteiger partial charge in [0.25, 0.3) is 5.91 Å². The number of rotatable bonds is 8. The van der Waals surface area contributed by atoms with Gasteiger partial charge in [-0.25, -0.2) is 9.37 Å². The van der Waals surface area contributed by atoms with Crippen LogP contribution in [0.4, 0.5) is 4.39 Å². The molecule has 2 heterocycles. The molecule has 190 valence electrons. The summed E-state index contributed by atoms with van der Waals surface area (Å²) < 4.78 is 29.5. The highest BCUT2D eigenvalue weighted by Gasteiger charge is 2.56. The predicted octanol–water partition coefficient (Wildman–Crippen LogP) is 4.48. The second-order valence-corrected chi connectivity index (χ2v) is 8.80. The van der Waals surface area contributed by atoms with E-state index in [0.717, 1.165) is 16.9 Å². The minimum Gasteiger partial charge on any atom is -0.503 e. The lowest BCUT2D eigenvalue weighted by Crippen LogP contribution is -2.28. The SMILES string of the molecule is COc1ccc(C2C(c3ccc(F)cc3)C2c2nc([C@H](C)NC(=O)c3nccc(OC)c3O)no2)cc1. The van der Waals surface area contributed by atoms with Crippen molar-refractivity contribution in [2.45, 2.75) is 30.7 Å². The van der Waals surface area contributed by atoms with Crippen LogP contribution in [0.2, 0.25) is 0 Å². The molecule has 3 unspecified atom stereocenters. The van der Waals surface area contributed by atoms with E-state index in [4.69, 9.17) is 14.0 Å². The topological polar surface area (TPSA) is 120 Å². The van der Waals surface area contributed by atoms with Crippen molar-refractivity contribution >= 4 is 5.91 Å². The summed E-state index contributed by atoms with van der Waals surface area (Å²) in [5, 5.41) is 17.0. The summed E-state index contributed by atoms with van der Waals surface area (Å²) in [4.78, 5) is 21.2. The Hall–Kier alpha value is -4.47. The Balaban J connectivity index is 1.37. The van der Waals surface area contributed by atoms with Gasteiger partial charge in [0.05, 0.1) is 26.2 Å². The number of pyridine rings is 1. The number of aromatic hydroxyl groups is 1. The smallest absolute Gasteiger partial charge is 0.274 e. The second kappa shape index (κ2) is 9.88. The van der Waals surface area contributed by atoms with Gasteiger partial charge in [-0.3, -0.25) is 4.79 Å². The van der Waals surface area contributed by atoms with E-state index in [9.17, 15) is 14.3 Å². The zero-order valence-electron chi connectivity index (χ0n) is 20.4. The van der Waals surface area contributed by atoms with E-state index in [0.29, 0.717) is 5.89 Å². The fourth-order valence-electron chi connectivity index (χ4n) is 4.61. The van der Waals surface area contributed by atoms with Crippen LogP contribution in [0.15, 0.2) is 65.3 Å². The molecular weight excluding hydrogens is 479 g/mol. The van der Waals surface area contributed by atoms with Crippen LogP contribution in [0.3, 0.4) is 0 Å². The van der Waals surface area contributed by atoms with Crippen molar-refractivity contribution in [1.82, 2.24) is 20.4 Å². The molecule has 1 saturated carbocycles. The van der Waals surface area contributed by atoms with Crippen LogP contribution in [0, 0.1) is 5.82 Å². The molecule has 0 saturated heterocycles. The molecule has 37 heavy (non-hydrogen) atoms. The van der Waals surface area contributed by atoms with Gasteiger partial charge < -0.3 is 24.4 Å². The number of ether oxygens (including phenoxy) is 2. The highest BCUT2D eigenvalue weighted by atomic mass is 19.1. The molecule has 0 aliphatic heterocycles. The van der Waals surface area contributed by atoms with Crippen molar-refractivity contribution in [3.8, 4) is 17.2 Å². The number of carbonyl (C=O) groups is 1. The zero-order chi connectivity index (χ0) is 26.1. The number of halogens is 1. The second-order valence-electron chi connectivity index (χ2n) is 8.80. The standard InChI is InChI=1S/C27H25FN4O5/c1-14(30-26(34)23-24(33)19(36-3)12-13-29-23)25-31-27(37-32-25)22-20(15-4-8-17(28)9-5-15)21(22)16-6-10-18(35-2)11-7-16/h4-14,20-22,33H,1-3H3,(H,30,34)/t14-,20?,21?,22?/m0/s1. The first-order valence-electron chi connectivity index (χ1n) is 11.7. The minimum absolute atomic E-state index is 0.0186. The number of hydrogen-bond donors (Lipinski definition) is 2. The molecule has 5 rings (SSSR count). The lowest BCUT2D eigenvalue weighted by atomic mass is 10.0. The van der Waals surface area contributed by atoms with Crippen LogP contribution in [0.1, 0.15) is 64.0 Å². The molecule has 1 aliphatic rings. The van der Waals surface area contributed by atoms with Gasteiger partial charge >= 0.3 is 0 Å². The van der Waals surface area contributed by atoms with Crippen LogP contribution >= 0.6 is 0 Å². The van der Waals surface area contributed by atoms with E-state index >= 15 is 0 Å². The Labute approximate surface area is 212 Å². The molecule has 4 atom stereocenters. The number of hydrogen-bond acceptors (Lipinski definition) is 8. The Morgan fingerprint density at radius 2 is 1.65 bits per heavy atom. The van der Waals surface area contributed by atoms with Crippen molar-refractivity contribution in [2.75, 3.05) is 14.2 Å². The van der Waals surface area contributed by atoms with Gasteiger partial charge in [0.2, 0.25) is 5.89 Å². The lowest BCUT2D eigenvalue weighted by molar-refractivity contribution is 0.0929. The van der Waals surface area contributed by atoms with Gasteiger partial charge in [0.15, 0.2) is 23.0 Å². The van der Waals surface area contributed by atoms with Gasteiger partial charge in [-0.2, -0.15) is 4.98 Å². The third-order valence-electron chi connectivity index (χ3n) is 6.58. The molecular formula is C27H25FN4O5. The predicted molar refractivity (Wildman–Crippen MR) is 130 cm³/mol. The third-order valence-corrected chi connectivity index (χ3v) is 6.58. The first kappa shape index (κ1) is 24.2. The molecule has 2 aromatic heterocycles. The average Bonchev–Trinajstić information content (AvgIpc) is 3.45. The maximum Gasteiger partial charge on any atom is 0.274 e. The van der Waals surface area contributed by atoms with Crippen molar-refractivity contribution in [3.05, 3.63) is 95.1 Å². The van der Waals surface area contributed by atoms with E-state index in [2.05, 4.69) is 20.4 Å². The zero-order valence-corrected chi connectivity index (χ0v) is 20.4. The lowest BCUT2D eigenvalue weighted by Gasteiger charge is -2.11. The summed E-state index contributed by atoms with van der Waals surface area (Å²) >= 11 is 0. The summed E-state index contributed by atoms with van der Waals surface area (Å²) in [6.45, 7) is 1.70. The Bertz CT molecular complexity index is 1410. The van der Waals surface area contributed by atoms with Crippen LogP contribution in [0.25, 0.3) is 0 Å². The molecule has 0 spiro atoms. The largest absolute Gasteiger partial charge is 0.503 e. The molecule has 4 aromatic rings. The van der Waals surface area contributed by atoms with E-state index < -0.39 is 11.9 Å². The number of amides is 1. The summed E-state index contributed by atoms with van der Waals surface area (Å²) in [5.41, 5.74) is 1.86. The molecule has 0 bridgehead atoms. The molecule has 0 radical (unpaired) electrons. The van der Waals surface area contributed by atoms with Crippen LogP contribution in [-0.2, 0) is 0 Å². The number of carbonyl (C=O) groups excluding carboxylic acids is 1. The first-order valence-corrected chi connectivity index (χ1v) is 11.7. The molecule has 10 heteroatoms. The summed E-state index contributed by atoms with van der Waals surface area (Å²) in [6, 6.07) is 15.0. The van der Waals surface area contributed by atoms with Gasteiger partial charge in [-0.15, -0.1) is 0 Å². The molecule has 9 nitrogen and oxygen atoms in total. The number of aromatic nitrogens is 3. The van der Waals surface area contributed by atoms with E-state index in [1.165, 1.54) is 31.5 Å². The van der Waals surface area contributed by atoms with Crippen LogP contribution in [-0.4, -0.2) is 40.4 Å². The summed E-state index contributed by atoms with van der Waals surface area (Å²) in [7, 11) is 3.00. The number of benzene rings is 2. The number of nitrogens with zero attached hydrogens (tertiary/aromatic N) is 3. The van der Waals surface area contributed by atoms with Gasteiger partial charge in [-0.1, -0.05) is 29.4 Å². The fourth-order valence-corrected chi connectivity index (χ4v) is 4.61.